The summed E-state index contributed by atoms with van der Waals surface area (Å²) in [7, 11) is 0. The standard InChI is InChI=1S/C33H42O6/c1-4-7-10-13-37-31-19-25-22(16-28(31)34)26-20-32(38-14-11-8-5-2)30(36)18-24(26)27-21-33(29(35)17-23(25)27)39-15-12-9-6-3/h16-21,34-36H,4-15H2,1-3H3. The predicted molar refractivity (Wildman–Crippen MR) is 159 cm³/mol. The van der Waals surface area contributed by atoms with E-state index in [1.165, 1.54) is 0 Å². The molecule has 0 aliphatic rings. The minimum absolute atomic E-state index is 0.0539. The lowest BCUT2D eigenvalue weighted by Crippen LogP contribution is -1.99. The molecule has 6 nitrogen and oxygen atoms in total. The van der Waals surface area contributed by atoms with Gasteiger partial charge in [0.2, 0.25) is 0 Å². The highest BCUT2D eigenvalue weighted by Crippen LogP contribution is 2.46. The summed E-state index contributed by atoms with van der Waals surface area (Å²) in [5.41, 5.74) is 0. The highest BCUT2D eigenvalue weighted by Gasteiger charge is 2.18. The first-order valence-corrected chi connectivity index (χ1v) is 14.5. The molecule has 0 aliphatic heterocycles. The van der Waals surface area contributed by atoms with Gasteiger partial charge in [0.25, 0.3) is 0 Å². The topological polar surface area (TPSA) is 88.4 Å². The Kier molecular flexibility index (Phi) is 9.85. The van der Waals surface area contributed by atoms with E-state index in [4.69, 9.17) is 14.2 Å². The molecular weight excluding hydrogens is 492 g/mol. The molecule has 0 saturated heterocycles. The SMILES string of the molecule is CCCCCOc1cc2c(cc1O)c1cc(OCCCCC)c(O)cc1c1cc(OCCCCC)c(O)cc21. The van der Waals surface area contributed by atoms with Crippen LogP contribution in [0.2, 0.25) is 0 Å². The molecule has 3 N–H and O–H groups in total. The minimum Gasteiger partial charge on any atom is -0.504 e. The van der Waals surface area contributed by atoms with Gasteiger partial charge in [-0.3, -0.25) is 0 Å². The van der Waals surface area contributed by atoms with E-state index in [1.807, 2.05) is 18.2 Å². The minimum atomic E-state index is 0.0539. The van der Waals surface area contributed by atoms with E-state index >= 15 is 0 Å². The van der Waals surface area contributed by atoms with Crippen LogP contribution in [-0.4, -0.2) is 35.1 Å². The van der Waals surface area contributed by atoms with E-state index in [0.29, 0.717) is 37.1 Å². The number of unbranched alkanes of at least 4 members (excludes halogenated alkanes) is 6. The van der Waals surface area contributed by atoms with E-state index < -0.39 is 0 Å². The maximum Gasteiger partial charge on any atom is 0.161 e. The molecule has 0 bridgehead atoms. The molecule has 0 heterocycles. The largest absolute Gasteiger partial charge is 0.504 e. The molecule has 6 heteroatoms. The quantitative estimate of drug-likeness (QED) is 0.104. The lowest BCUT2D eigenvalue weighted by Gasteiger charge is -2.17. The maximum atomic E-state index is 10.9. The Morgan fingerprint density at radius 2 is 0.667 bits per heavy atom. The molecule has 0 radical (unpaired) electrons. The second-order valence-corrected chi connectivity index (χ2v) is 10.3. The zero-order valence-corrected chi connectivity index (χ0v) is 23.5. The van der Waals surface area contributed by atoms with Gasteiger partial charge >= 0.3 is 0 Å². The fourth-order valence-electron chi connectivity index (χ4n) is 4.99. The molecule has 0 unspecified atom stereocenters. The molecule has 0 saturated carbocycles. The Morgan fingerprint density at radius 1 is 0.410 bits per heavy atom. The molecule has 0 fully saturated rings. The molecule has 4 aromatic carbocycles. The molecule has 4 aromatic rings. The van der Waals surface area contributed by atoms with E-state index in [2.05, 4.69) is 20.8 Å². The van der Waals surface area contributed by atoms with Crippen LogP contribution in [-0.2, 0) is 0 Å². The summed E-state index contributed by atoms with van der Waals surface area (Å²) in [6, 6.07) is 10.6. The van der Waals surface area contributed by atoms with Gasteiger partial charge in [0.15, 0.2) is 34.5 Å². The van der Waals surface area contributed by atoms with Crippen LogP contribution >= 0.6 is 0 Å². The van der Waals surface area contributed by atoms with Crippen molar-refractivity contribution in [2.75, 3.05) is 19.8 Å². The summed E-state index contributed by atoms with van der Waals surface area (Å²) in [6.45, 7) is 7.96. The van der Waals surface area contributed by atoms with Crippen LogP contribution < -0.4 is 14.2 Å². The molecule has 0 amide bonds. The van der Waals surface area contributed by atoms with Crippen LogP contribution in [0.5, 0.6) is 34.5 Å². The number of phenols is 3. The molecule has 0 aliphatic carbocycles. The molecule has 39 heavy (non-hydrogen) atoms. The summed E-state index contributed by atoms with van der Waals surface area (Å²) < 4.78 is 17.9. The number of hydrogen-bond acceptors (Lipinski definition) is 6. The molecule has 210 valence electrons. The monoisotopic (exact) mass is 534 g/mol. The summed E-state index contributed by atoms with van der Waals surface area (Å²) in [5.74, 6) is 1.39. The Bertz CT molecular complexity index is 1210. The lowest BCUT2D eigenvalue weighted by atomic mass is 9.93. The maximum absolute atomic E-state index is 10.9. The highest BCUT2D eigenvalue weighted by molar-refractivity contribution is 6.26. The molecule has 0 spiro atoms. The number of ether oxygens (including phenoxy) is 3. The molecule has 4 rings (SSSR count). The molecule has 0 aromatic heterocycles. The van der Waals surface area contributed by atoms with Gasteiger partial charge < -0.3 is 29.5 Å². The first kappa shape index (κ1) is 28.5. The summed E-state index contributed by atoms with van der Waals surface area (Å²) in [5, 5.41) is 37.5. The number of aromatic hydroxyl groups is 3. The smallest absolute Gasteiger partial charge is 0.161 e. The first-order chi connectivity index (χ1) is 19.0. The van der Waals surface area contributed by atoms with Crippen LogP contribution in [0.25, 0.3) is 32.3 Å². The van der Waals surface area contributed by atoms with Gasteiger partial charge in [0.05, 0.1) is 19.8 Å². The van der Waals surface area contributed by atoms with Crippen molar-refractivity contribution in [3.63, 3.8) is 0 Å². The molecule has 0 atom stereocenters. The van der Waals surface area contributed by atoms with Crippen LogP contribution in [0.4, 0.5) is 0 Å². The van der Waals surface area contributed by atoms with Crippen molar-refractivity contribution >= 4 is 32.3 Å². The zero-order valence-electron chi connectivity index (χ0n) is 23.5. The third-order valence-electron chi connectivity index (χ3n) is 7.18. The third-order valence-corrected chi connectivity index (χ3v) is 7.18. The van der Waals surface area contributed by atoms with Crippen molar-refractivity contribution in [2.45, 2.75) is 78.6 Å². The van der Waals surface area contributed by atoms with Gasteiger partial charge in [-0.1, -0.05) is 59.3 Å². The van der Waals surface area contributed by atoms with E-state index in [1.54, 1.807) is 18.2 Å². The highest BCUT2D eigenvalue weighted by atomic mass is 16.5. The van der Waals surface area contributed by atoms with E-state index in [9.17, 15) is 15.3 Å². The number of phenolic OH excluding ortho intramolecular Hbond substituents is 3. The second-order valence-electron chi connectivity index (χ2n) is 10.3. The van der Waals surface area contributed by atoms with Crippen molar-refractivity contribution in [3.8, 4) is 34.5 Å². The van der Waals surface area contributed by atoms with Gasteiger partial charge in [0, 0.05) is 0 Å². The average molecular weight is 535 g/mol. The lowest BCUT2D eigenvalue weighted by molar-refractivity contribution is 0.290. The number of benzene rings is 4. The van der Waals surface area contributed by atoms with Crippen molar-refractivity contribution in [2.24, 2.45) is 0 Å². The van der Waals surface area contributed by atoms with E-state index in [0.717, 1.165) is 90.1 Å². The van der Waals surface area contributed by atoms with Gasteiger partial charge in [-0.15, -0.1) is 0 Å². The van der Waals surface area contributed by atoms with Crippen LogP contribution in [0, 0.1) is 0 Å². The number of fused-ring (bicyclic) bond motifs is 6. The van der Waals surface area contributed by atoms with Crippen molar-refractivity contribution in [3.05, 3.63) is 36.4 Å². The van der Waals surface area contributed by atoms with Crippen molar-refractivity contribution in [1.82, 2.24) is 0 Å². The van der Waals surface area contributed by atoms with Crippen molar-refractivity contribution < 1.29 is 29.5 Å². The number of hydrogen-bond donors (Lipinski definition) is 3. The van der Waals surface area contributed by atoms with Gasteiger partial charge in [-0.2, -0.15) is 0 Å². The Morgan fingerprint density at radius 3 is 0.923 bits per heavy atom. The Labute approximate surface area is 231 Å². The van der Waals surface area contributed by atoms with Crippen molar-refractivity contribution in [1.29, 1.82) is 0 Å². The van der Waals surface area contributed by atoms with Gasteiger partial charge in [-0.25, -0.2) is 0 Å². The van der Waals surface area contributed by atoms with E-state index in [-0.39, 0.29) is 17.2 Å². The first-order valence-electron chi connectivity index (χ1n) is 14.5. The average Bonchev–Trinajstić information content (AvgIpc) is 2.93. The number of rotatable bonds is 15. The zero-order chi connectivity index (χ0) is 27.8. The normalized spacial score (nSPS) is 11.5. The molecular formula is C33H42O6. The van der Waals surface area contributed by atoms with Gasteiger partial charge in [0.1, 0.15) is 0 Å². The fourth-order valence-corrected chi connectivity index (χ4v) is 4.99. The third kappa shape index (κ3) is 6.55. The second kappa shape index (κ2) is 13.5. The van der Waals surface area contributed by atoms with Gasteiger partial charge in [-0.05, 0) is 88.0 Å². The predicted octanol–water partition coefficient (Wildman–Crippen LogP) is 8.97. The summed E-state index contributed by atoms with van der Waals surface area (Å²) in [6.07, 6.45) is 9.15. The Balaban J connectivity index is 1.88. The Hall–Kier alpha value is -3.54. The summed E-state index contributed by atoms with van der Waals surface area (Å²) in [4.78, 5) is 0. The van der Waals surface area contributed by atoms with Crippen LogP contribution in [0.1, 0.15) is 78.6 Å². The summed E-state index contributed by atoms with van der Waals surface area (Å²) >= 11 is 0. The van der Waals surface area contributed by atoms with Crippen LogP contribution in [0.3, 0.4) is 0 Å². The van der Waals surface area contributed by atoms with Crippen LogP contribution in [0.15, 0.2) is 36.4 Å². The fraction of sp³-hybridized carbons (Fsp3) is 0.455.